The van der Waals surface area contributed by atoms with E-state index in [9.17, 15) is 9.18 Å². The summed E-state index contributed by atoms with van der Waals surface area (Å²) in [7, 11) is 0. The second kappa shape index (κ2) is 3.81. The topological polar surface area (TPSA) is 49.7 Å². The molecule has 0 fully saturated rings. The lowest BCUT2D eigenvalue weighted by Gasteiger charge is -1.99. The van der Waals surface area contributed by atoms with Crippen molar-refractivity contribution >= 4 is 11.7 Å². The van der Waals surface area contributed by atoms with Gasteiger partial charge in [0.25, 0.3) is 0 Å². The summed E-state index contributed by atoms with van der Waals surface area (Å²) in [4.78, 5) is 14.7. The van der Waals surface area contributed by atoms with E-state index in [0.29, 0.717) is 24.1 Å². The van der Waals surface area contributed by atoms with E-state index in [1.165, 1.54) is 12.1 Å². The summed E-state index contributed by atoms with van der Waals surface area (Å²) in [6, 6.07) is 5.41. The van der Waals surface area contributed by atoms with E-state index >= 15 is 0 Å². The minimum absolute atomic E-state index is 0.325. The third kappa shape index (κ3) is 2.03. The first kappa shape index (κ1) is 9.83. The number of halogens is 1. The van der Waals surface area contributed by atoms with Gasteiger partial charge in [0.2, 0.25) is 0 Å². The quantitative estimate of drug-likeness (QED) is 0.804. The van der Waals surface area contributed by atoms with E-state index in [1.807, 2.05) is 0 Å². The Bertz CT molecular complexity index is 428. The zero-order valence-electron chi connectivity index (χ0n) is 7.98. The summed E-state index contributed by atoms with van der Waals surface area (Å²) in [5.74, 6) is -1.24. The zero-order valence-corrected chi connectivity index (χ0v) is 7.98. The number of carboxylic acids is 1. The highest BCUT2D eigenvalue weighted by atomic mass is 19.1. The number of carbonyl (C=O) groups is 1. The molecule has 0 amide bonds. The van der Waals surface area contributed by atoms with Crippen LogP contribution >= 0.6 is 0 Å². The predicted molar refractivity (Wildman–Crippen MR) is 53.6 cm³/mol. The van der Waals surface area contributed by atoms with Gasteiger partial charge in [0.15, 0.2) is 0 Å². The Balaban J connectivity index is 2.26. The number of nitrogens with zero attached hydrogens (tertiary/aromatic N) is 1. The Morgan fingerprint density at radius 3 is 2.93 bits per heavy atom. The van der Waals surface area contributed by atoms with Crippen molar-refractivity contribution in [3.05, 3.63) is 35.6 Å². The van der Waals surface area contributed by atoms with Crippen molar-refractivity contribution in [3.8, 4) is 0 Å². The van der Waals surface area contributed by atoms with Crippen LogP contribution in [0.4, 0.5) is 4.39 Å². The van der Waals surface area contributed by atoms with Gasteiger partial charge in [0.1, 0.15) is 11.9 Å². The summed E-state index contributed by atoms with van der Waals surface area (Å²) in [5, 5.41) is 8.75. The molecule has 78 valence electrons. The van der Waals surface area contributed by atoms with Gasteiger partial charge in [-0.2, -0.15) is 0 Å². The maximum atomic E-state index is 12.9. The molecule has 0 saturated carbocycles. The van der Waals surface area contributed by atoms with Crippen molar-refractivity contribution in [2.75, 3.05) is 0 Å². The average molecular weight is 207 g/mol. The van der Waals surface area contributed by atoms with Crippen LogP contribution in [0.2, 0.25) is 0 Å². The third-order valence-electron chi connectivity index (χ3n) is 2.41. The highest BCUT2D eigenvalue weighted by Crippen LogP contribution is 2.19. The SMILES string of the molecule is O=C(O)[C@H]1CCC(c2cccc(F)c2)=N1. The fourth-order valence-electron chi connectivity index (χ4n) is 1.66. The van der Waals surface area contributed by atoms with Gasteiger partial charge in [0.05, 0.1) is 0 Å². The number of rotatable bonds is 2. The lowest BCUT2D eigenvalue weighted by Crippen LogP contribution is -2.13. The zero-order chi connectivity index (χ0) is 10.8. The fourth-order valence-corrected chi connectivity index (χ4v) is 1.66. The first-order valence-electron chi connectivity index (χ1n) is 4.72. The average Bonchev–Trinajstić information content (AvgIpc) is 2.66. The molecule has 0 aromatic heterocycles. The molecule has 0 aliphatic carbocycles. The summed E-state index contributed by atoms with van der Waals surface area (Å²) >= 11 is 0. The number of benzene rings is 1. The first-order valence-corrected chi connectivity index (χ1v) is 4.72. The van der Waals surface area contributed by atoms with Crippen LogP contribution in [-0.2, 0) is 4.79 Å². The Labute approximate surface area is 86.3 Å². The van der Waals surface area contributed by atoms with Gasteiger partial charge in [-0.15, -0.1) is 0 Å². The molecular formula is C11H10FNO2. The molecule has 0 bridgehead atoms. The number of hydrogen-bond acceptors (Lipinski definition) is 2. The van der Waals surface area contributed by atoms with Gasteiger partial charge in [-0.3, -0.25) is 4.99 Å². The van der Waals surface area contributed by atoms with Crippen LogP contribution in [-0.4, -0.2) is 22.8 Å². The standard InChI is InChI=1S/C11H10FNO2/c12-8-3-1-2-7(6-8)9-4-5-10(13-9)11(14)15/h1-3,6,10H,4-5H2,(H,14,15)/t10-/m1/s1. The summed E-state index contributed by atoms with van der Waals surface area (Å²) in [6.07, 6.45) is 1.10. The summed E-state index contributed by atoms with van der Waals surface area (Å²) < 4.78 is 12.9. The van der Waals surface area contributed by atoms with Crippen molar-refractivity contribution in [1.82, 2.24) is 0 Å². The molecule has 1 heterocycles. The molecule has 1 aliphatic rings. The number of aliphatic imine (C=N–C) groups is 1. The van der Waals surface area contributed by atoms with Gasteiger partial charge in [-0.1, -0.05) is 12.1 Å². The van der Waals surface area contributed by atoms with Crippen molar-refractivity contribution < 1.29 is 14.3 Å². The lowest BCUT2D eigenvalue weighted by atomic mass is 10.1. The van der Waals surface area contributed by atoms with E-state index < -0.39 is 12.0 Å². The lowest BCUT2D eigenvalue weighted by molar-refractivity contribution is -0.138. The van der Waals surface area contributed by atoms with E-state index in [-0.39, 0.29) is 5.82 Å². The van der Waals surface area contributed by atoms with Crippen molar-refractivity contribution in [1.29, 1.82) is 0 Å². The van der Waals surface area contributed by atoms with Crippen LogP contribution in [0.15, 0.2) is 29.3 Å². The van der Waals surface area contributed by atoms with Gasteiger partial charge in [-0.25, -0.2) is 9.18 Å². The van der Waals surface area contributed by atoms with E-state index in [0.717, 1.165) is 0 Å². The summed E-state index contributed by atoms with van der Waals surface area (Å²) in [6.45, 7) is 0. The normalized spacial score (nSPS) is 20.1. The molecular weight excluding hydrogens is 197 g/mol. The van der Waals surface area contributed by atoms with Crippen LogP contribution in [0, 0.1) is 5.82 Å². The summed E-state index contributed by atoms with van der Waals surface area (Å²) in [5.41, 5.74) is 1.36. The van der Waals surface area contributed by atoms with Gasteiger partial charge in [0, 0.05) is 5.71 Å². The van der Waals surface area contributed by atoms with Crippen LogP contribution < -0.4 is 0 Å². The smallest absolute Gasteiger partial charge is 0.328 e. The van der Waals surface area contributed by atoms with Crippen molar-refractivity contribution in [2.24, 2.45) is 4.99 Å². The third-order valence-corrected chi connectivity index (χ3v) is 2.41. The van der Waals surface area contributed by atoms with Crippen LogP contribution in [0.3, 0.4) is 0 Å². The van der Waals surface area contributed by atoms with Gasteiger partial charge < -0.3 is 5.11 Å². The molecule has 2 rings (SSSR count). The number of hydrogen-bond donors (Lipinski definition) is 1. The molecule has 0 radical (unpaired) electrons. The van der Waals surface area contributed by atoms with Crippen LogP contribution in [0.5, 0.6) is 0 Å². The Morgan fingerprint density at radius 2 is 2.33 bits per heavy atom. The maximum absolute atomic E-state index is 12.9. The highest BCUT2D eigenvalue weighted by Gasteiger charge is 2.24. The molecule has 0 saturated heterocycles. The molecule has 1 N–H and O–H groups in total. The van der Waals surface area contributed by atoms with E-state index in [4.69, 9.17) is 5.11 Å². The minimum Gasteiger partial charge on any atom is -0.480 e. The van der Waals surface area contributed by atoms with E-state index in [1.54, 1.807) is 12.1 Å². The molecule has 1 aliphatic heterocycles. The molecule has 0 spiro atoms. The molecule has 1 aromatic carbocycles. The minimum atomic E-state index is -0.915. The second-order valence-corrected chi connectivity index (χ2v) is 3.48. The van der Waals surface area contributed by atoms with Crippen LogP contribution in [0.25, 0.3) is 0 Å². The molecule has 1 atom stereocenters. The molecule has 3 nitrogen and oxygen atoms in total. The predicted octanol–water partition coefficient (Wildman–Crippen LogP) is 1.86. The first-order chi connectivity index (χ1) is 7.16. The largest absolute Gasteiger partial charge is 0.480 e. The van der Waals surface area contributed by atoms with E-state index in [2.05, 4.69) is 4.99 Å². The van der Waals surface area contributed by atoms with Crippen molar-refractivity contribution in [3.63, 3.8) is 0 Å². The molecule has 0 unspecified atom stereocenters. The van der Waals surface area contributed by atoms with Crippen LogP contribution in [0.1, 0.15) is 18.4 Å². The Kier molecular flexibility index (Phi) is 2.49. The number of carboxylic acid groups (broad SMARTS) is 1. The maximum Gasteiger partial charge on any atom is 0.328 e. The molecule has 15 heavy (non-hydrogen) atoms. The number of aliphatic carboxylic acids is 1. The fraction of sp³-hybridized carbons (Fsp3) is 0.273. The Hall–Kier alpha value is -1.71. The second-order valence-electron chi connectivity index (χ2n) is 3.48. The molecule has 4 heteroatoms. The van der Waals surface area contributed by atoms with Gasteiger partial charge in [-0.05, 0) is 30.5 Å². The van der Waals surface area contributed by atoms with Crippen molar-refractivity contribution in [2.45, 2.75) is 18.9 Å². The monoisotopic (exact) mass is 207 g/mol. The highest BCUT2D eigenvalue weighted by molar-refractivity contribution is 6.03. The Morgan fingerprint density at radius 1 is 1.53 bits per heavy atom. The van der Waals surface area contributed by atoms with Gasteiger partial charge >= 0.3 is 5.97 Å². The molecule has 1 aromatic rings.